The number of hydrogen-bond donors (Lipinski definition) is 3. The normalized spacial score (nSPS) is 31.9. The van der Waals surface area contributed by atoms with E-state index in [0.29, 0.717) is 41.5 Å². The number of carbonyl (C=O) groups excluding carboxylic acids is 1. The zero-order valence-corrected chi connectivity index (χ0v) is 16.0. The summed E-state index contributed by atoms with van der Waals surface area (Å²) in [4.78, 5) is 29.7. The lowest BCUT2D eigenvalue weighted by Crippen LogP contribution is -2.36. The number of aromatic nitrogens is 4. The van der Waals surface area contributed by atoms with E-state index in [9.17, 15) is 15.0 Å². The molecule has 2 aromatic heterocycles. The van der Waals surface area contributed by atoms with Crippen molar-refractivity contribution in [2.24, 2.45) is 16.3 Å². The van der Waals surface area contributed by atoms with Gasteiger partial charge in [0.1, 0.15) is 17.6 Å². The molecule has 2 aromatic rings. The lowest BCUT2D eigenvalue weighted by molar-refractivity contribution is -0.128. The van der Waals surface area contributed by atoms with E-state index in [1.165, 1.54) is 6.92 Å². The highest BCUT2D eigenvalue weighted by atomic mass is 16.3. The van der Waals surface area contributed by atoms with Gasteiger partial charge in [-0.05, 0) is 37.2 Å². The molecule has 0 bridgehead atoms. The van der Waals surface area contributed by atoms with Gasteiger partial charge in [-0.2, -0.15) is 0 Å². The Morgan fingerprint density at radius 3 is 2.83 bits per heavy atom. The maximum atomic E-state index is 12.1. The summed E-state index contributed by atoms with van der Waals surface area (Å²) >= 11 is 0. The number of carbonyl (C=O) groups is 1. The van der Waals surface area contributed by atoms with Crippen molar-refractivity contribution in [1.29, 1.82) is 0 Å². The minimum Gasteiger partial charge on any atom is -0.389 e. The molecule has 3 N–H and O–H groups in total. The number of Topliss-reactive ketones (excluding diaryl/α,β-unsaturated/α-hetero) is 1. The molecule has 0 radical (unpaired) electrons. The van der Waals surface area contributed by atoms with Crippen LogP contribution in [0.1, 0.15) is 25.2 Å². The van der Waals surface area contributed by atoms with Crippen LogP contribution in [0, 0.1) is 23.2 Å². The summed E-state index contributed by atoms with van der Waals surface area (Å²) in [5.41, 5.74) is 0.848. The van der Waals surface area contributed by atoms with E-state index >= 15 is 0 Å². The summed E-state index contributed by atoms with van der Waals surface area (Å²) in [5.74, 6) is 6.45. The highest BCUT2D eigenvalue weighted by molar-refractivity contribution is 6.10. The van der Waals surface area contributed by atoms with Crippen molar-refractivity contribution >= 4 is 28.5 Å². The number of anilines is 1. The second-order valence-electron chi connectivity index (χ2n) is 7.68. The molecule has 2 aliphatic carbocycles. The number of ketones is 1. The molecule has 0 aromatic carbocycles. The number of aliphatic hydroxyl groups is 2. The van der Waals surface area contributed by atoms with E-state index in [1.807, 2.05) is 12.2 Å². The molecule has 5 atom stereocenters. The monoisotopic (exact) mass is 392 g/mol. The molecule has 2 saturated carbocycles. The van der Waals surface area contributed by atoms with Crippen LogP contribution in [0.2, 0.25) is 0 Å². The van der Waals surface area contributed by atoms with Crippen molar-refractivity contribution in [3.63, 3.8) is 0 Å². The molecule has 0 amide bonds. The van der Waals surface area contributed by atoms with Crippen LogP contribution in [0.25, 0.3) is 11.2 Å². The van der Waals surface area contributed by atoms with Gasteiger partial charge in [-0.15, -0.1) is 0 Å². The molecule has 1 aliphatic heterocycles. The fraction of sp³-hybridized carbons (Fsp3) is 0.450. The maximum absolute atomic E-state index is 12.1. The van der Waals surface area contributed by atoms with Crippen LogP contribution in [0.15, 0.2) is 23.5 Å². The maximum Gasteiger partial charge on any atom is 0.209 e. The fourth-order valence-corrected chi connectivity index (χ4v) is 4.71. The Bertz CT molecular complexity index is 1160. The van der Waals surface area contributed by atoms with Gasteiger partial charge >= 0.3 is 0 Å². The molecule has 9 heteroatoms. The molecule has 3 aliphatic rings. The summed E-state index contributed by atoms with van der Waals surface area (Å²) in [7, 11) is 1.73. The fourth-order valence-electron chi connectivity index (χ4n) is 4.71. The minimum absolute atomic E-state index is 0.0940. The second kappa shape index (κ2) is 6.20. The van der Waals surface area contributed by atoms with Gasteiger partial charge in [0.2, 0.25) is 5.82 Å². The predicted molar refractivity (Wildman–Crippen MR) is 105 cm³/mol. The Hall–Kier alpha value is -3.09. The van der Waals surface area contributed by atoms with E-state index in [0.717, 1.165) is 0 Å². The summed E-state index contributed by atoms with van der Waals surface area (Å²) in [6, 6.07) is -0.485. The molecule has 5 rings (SSSR count). The zero-order chi connectivity index (χ0) is 20.3. The van der Waals surface area contributed by atoms with Crippen LogP contribution in [0.5, 0.6) is 0 Å². The van der Waals surface area contributed by atoms with Crippen LogP contribution in [0.3, 0.4) is 0 Å². The van der Waals surface area contributed by atoms with Crippen LogP contribution < -0.4 is 5.32 Å². The zero-order valence-electron chi connectivity index (χ0n) is 16.0. The molecule has 9 nitrogen and oxygen atoms in total. The predicted octanol–water partition coefficient (Wildman–Crippen LogP) is 0.102. The summed E-state index contributed by atoms with van der Waals surface area (Å²) in [6.07, 6.45) is 3.73. The molecular formula is C20H20N6O3. The van der Waals surface area contributed by atoms with Crippen molar-refractivity contribution in [3.8, 4) is 11.8 Å². The summed E-state index contributed by atoms with van der Waals surface area (Å²) < 4.78 is 1.74. The van der Waals surface area contributed by atoms with Crippen LogP contribution in [-0.2, 0) is 4.79 Å². The van der Waals surface area contributed by atoms with Gasteiger partial charge in [0.15, 0.2) is 17.0 Å². The number of fused-ring (bicyclic) bond motifs is 2. The number of hydrogen-bond acceptors (Lipinski definition) is 8. The molecule has 0 spiro atoms. The highest BCUT2D eigenvalue weighted by Crippen LogP contribution is 2.68. The third kappa shape index (κ3) is 2.46. The third-order valence-corrected chi connectivity index (χ3v) is 6.25. The van der Waals surface area contributed by atoms with Gasteiger partial charge in [0, 0.05) is 7.05 Å². The average Bonchev–Trinajstić information content (AvgIpc) is 3.00. The molecular weight excluding hydrogens is 372 g/mol. The Balaban J connectivity index is 1.60. The number of allylic oxidation sites excluding steroid dienone is 1. The van der Waals surface area contributed by atoms with Gasteiger partial charge < -0.3 is 20.1 Å². The standard InChI is InChI=1S/C20H20N6O3/c1-10(27)20-8-12(20)15(16(28)17(20)29)26-9-23-14-18(21-2)24-13(25-19(14)26)6-5-11-4-3-7-22-11/h3-4,9,12,15-17,28-29H,7-8H2,1-2H3,(H,21,24,25)/t12?,15-,16+,17?,20+/m1/s1. The molecule has 3 heterocycles. The lowest BCUT2D eigenvalue weighted by atomic mass is 9.95. The van der Waals surface area contributed by atoms with Crippen molar-refractivity contribution in [2.45, 2.75) is 31.6 Å². The summed E-state index contributed by atoms with van der Waals surface area (Å²) in [6.45, 7) is 2.10. The van der Waals surface area contributed by atoms with Crippen molar-refractivity contribution < 1.29 is 15.0 Å². The first-order valence-electron chi connectivity index (χ1n) is 9.50. The topological polar surface area (TPSA) is 126 Å². The first kappa shape index (κ1) is 18.0. The molecule has 2 fully saturated rings. The number of nitrogens with one attached hydrogen (secondary N) is 1. The van der Waals surface area contributed by atoms with Crippen molar-refractivity contribution in [1.82, 2.24) is 19.5 Å². The Labute approximate surface area is 166 Å². The highest BCUT2D eigenvalue weighted by Gasteiger charge is 2.74. The van der Waals surface area contributed by atoms with Crippen LogP contribution >= 0.6 is 0 Å². The Kier molecular flexibility index (Phi) is 3.84. The first-order valence-corrected chi connectivity index (χ1v) is 9.50. The van der Waals surface area contributed by atoms with Gasteiger partial charge in [0.05, 0.1) is 30.4 Å². The van der Waals surface area contributed by atoms with Gasteiger partial charge in [-0.3, -0.25) is 9.79 Å². The summed E-state index contributed by atoms with van der Waals surface area (Å²) in [5, 5.41) is 24.2. The van der Waals surface area contributed by atoms with Crippen molar-refractivity contribution in [3.05, 3.63) is 24.3 Å². The number of rotatable bonds is 3. The SMILES string of the molecule is CNc1nc(C#CC2=NCC=C2)nc2c1ncn2[C@@H]1C2C[C@@]2(C(C)=O)C(O)[C@H]1O. The minimum atomic E-state index is -1.09. The third-order valence-electron chi connectivity index (χ3n) is 6.25. The molecule has 0 saturated heterocycles. The van der Waals surface area contributed by atoms with E-state index < -0.39 is 23.7 Å². The number of aliphatic imine (C=N–C) groups is 1. The van der Waals surface area contributed by atoms with E-state index in [4.69, 9.17) is 0 Å². The average molecular weight is 392 g/mol. The molecule has 148 valence electrons. The lowest BCUT2D eigenvalue weighted by Gasteiger charge is -2.23. The van der Waals surface area contributed by atoms with E-state index in [-0.39, 0.29) is 11.7 Å². The van der Waals surface area contributed by atoms with E-state index in [2.05, 4.69) is 37.1 Å². The van der Waals surface area contributed by atoms with E-state index in [1.54, 1.807) is 17.9 Å². The number of aliphatic hydroxyl groups excluding tert-OH is 2. The quantitative estimate of drug-likeness (QED) is 0.633. The number of imidazole rings is 1. The van der Waals surface area contributed by atoms with Gasteiger partial charge in [-0.1, -0.05) is 6.08 Å². The Morgan fingerprint density at radius 2 is 2.17 bits per heavy atom. The molecule has 29 heavy (non-hydrogen) atoms. The largest absolute Gasteiger partial charge is 0.389 e. The second-order valence-corrected chi connectivity index (χ2v) is 7.68. The molecule has 2 unspecified atom stereocenters. The van der Waals surface area contributed by atoms with Gasteiger partial charge in [0.25, 0.3) is 0 Å². The van der Waals surface area contributed by atoms with Crippen LogP contribution in [0.4, 0.5) is 5.82 Å². The Morgan fingerprint density at radius 1 is 1.34 bits per heavy atom. The first-order chi connectivity index (χ1) is 14.0. The number of nitrogens with zero attached hydrogens (tertiary/aromatic N) is 5. The van der Waals surface area contributed by atoms with Crippen LogP contribution in [-0.4, -0.2) is 67.0 Å². The van der Waals surface area contributed by atoms with Gasteiger partial charge in [-0.25, -0.2) is 15.0 Å². The smallest absolute Gasteiger partial charge is 0.209 e. The van der Waals surface area contributed by atoms with Crippen molar-refractivity contribution in [2.75, 3.05) is 18.9 Å².